The van der Waals surface area contributed by atoms with Crippen LogP contribution in [-0.4, -0.2) is 27.2 Å². The van der Waals surface area contributed by atoms with E-state index in [0.29, 0.717) is 16.4 Å². The number of aromatic nitrogens is 3. The van der Waals surface area contributed by atoms with Crippen molar-refractivity contribution in [3.63, 3.8) is 0 Å². The van der Waals surface area contributed by atoms with Crippen LogP contribution in [0.1, 0.15) is 29.0 Å². The quantitative estimate of drug-likeness (QED) is 0.640. The van der Waals surface area contributed by atoms with Crippen molar-refractivity contribution < 1.29 is 22.7 Å². The van der Waals surface area contributed by atoms with Gasteiger partial charge in [0.15, 0.2) is 0 Å². The highest BCUT2D eigenvalue weighted by atomic mass is 35.5. The zero-order valence-electron chi connectivity index (χ0n) is 14.2. The van der Waals surface area contributed by atoms with Gasteiger partial charge < -0.3 is 10.1 Å². The molecule has 11 heteroatoms. The lowest BCUT2D eigenvalue weighted by Crippen LogP contribution is -2.28. The van der Waals surface area contributed by atoms with Crippen LogP contribution in [0, 0.1) is 0 Å². The number of alkyl halides is 3. The molecular weight excluding hydrogens is 417 g/mol. The number of nitrogens with zero attached hydrogens (tertiary/aromatic N) is 3. The number of benzene rings is 1. The molecule has 0 spiro atoms. The van der Waals surface area contributed by atoms with Gasteiger partial charge in [0.05, 0.1) is 11.7 Å². The number of halogens is 4. The van der Waals surface area contributed by atoms with Crippen LogP contribution in [0.4, 0.5) is 13.2 Å². The van der Waals surface area contributed by atoms with Gasteiger partial charge in [0.25, 0.3) is 5.91 Å². The standard InChI is InChI=1S/C17H12ClF3N4O2S/c1-9(13-14(23-3-2-22-13)16-24-4-5-28-16)25-15(26)10-6-11(18)8-12(7-10)27-17(19,20)21/h2-9H,1H3,(H,25,26). The van der Waals surface area contributed by atoms with Crippen molar-refractivity contribution in [2.24, 2.45) is 0 Å². The second-order valence-corrected chi connectivity index (χ2v) is 6.88. The lowest BCUT2D eigenvalue weighted by molar-refractivity contribution is -0.274. The summed E-state index contributed by atoms with van der Waals surface area (Å²) in [4.78, 5) is 25.2. The molecule has 0 saturated carbocycles. The van der Waals surface area contributed by atoms with E-state index in [1.807, 2.05) is 0 Å². The van der Waals surface area contributed by atoms with E-state index in [0.717, 1.165) is 12.1 Å². The zero-order chi connectivity index (χ0) is 20.3. The second kappa shape index (κ2) is 8.11. The maximum absolute atomic E-state index is 12.5. The fourth-order valence-electron chi connectivity index (χ4n) is 2.41. The Morgan fingerprint density at radius 3 is 2.61 bits per heavy atom. The maximum Gasteiger partial charge on any atom is 0.573 e. The van der Waals surface area contributed by atoms with Crippen molar-refractivity contribution in [2.75, 3.05) is 0 Å². The molecule has 0 saturated heterocycles. The molecule has 3 aromatic rings. The molecule has 146 valence electrons. The Balaban J connectivity index is 1.82. The molecule has 0 radical (unpaired) electrons. The van der Waals surface area contributed by atoms with Gasteiger partial charge >= 0.3 is 6.36 Å². The highest BCUT2D eigenvalue weighted by Gasteiger charge is 2.31. The zero-order valence-corrected chi connectivity index (χ0v) is 15.8. The van der Waals surface area contributed by atoms with Crippen molar-refractivity contribution in [1.82, 2.24) is 20.3 Å². The molecule has 6 nitrogen and oxygen atoms in total. The molecular formula is C17H12ClF3N4O2S. The van der Waals surface area contributed by atoms with Gasteiger partial charge in [-0.3, -0.25) is 14.8 Å². The molecule has 0 aliphatic rings. The smallest absolute Gasteiger partial charge is 0.406 e. The van der Waals surface area contributed by atoms with E-state index in [9.17, 15) is 18.0 Å². The molecule has 2 heterocycles. The van der Waals surface area contributed by atoms with Gasteiger partial charge in [0, 0.05) is 34.6 Å². The Morgan fingerprint density at radius 2 is 1.93 bits per heavy atom. The third-order valence-electron chi connectivity index (χ3n) is 3.49. The van der Waals surface area contributed by atoms with Gasteiger partial charge in [-0.1, -0.05) is 11.6 Å². The van der Waals surface area contributed by atoms with E-state index in [4.69, 9.17) is 11.6 Å². The number of carbonyl (C=O) groups is 1. The first kappa shape index (κ1) is 20.0. The summed E-state index contributed by atoms with van der Waals surface area (Å²) in [5, 5.41) is 5.02. The molecule has 0 bridgehead atoms. The second-order valence-electron chi connectivity index (χ2n) is 5.55. The van der Waals surface area contributed by atoms with E-state index in [1.165, 1.54) is 29.8 Å². The van der Waals surface area contributed by atoms with E-state index < -0.39 is 24.1 Å². The lowest BCUT2D eigenvalue weighted by Gasteiger charge is -2.16. The fraction of sp³-hybridized carbons (Fsp3) is 0.176. The topological polar surface area (TPSA) is 77.0 Å². The number of ether oxygens (including phenoxy) is 1. The number of thiazole rings is 1. The Bertz CT molecular complexity index is 983. The van der Waals surface area contributed by atoms with Crippen molar-refractivity contribution >= 4 is 28.8 Å². The molecule has 3 rings (SSSR count). The molecule has 1 aromatic carbocycles. The molecule has 0 fully saturated rings. The number of hydrogen-bond donors (Lipinski definition) is 1. The van der Waals surface area contributed by atoms with Crippen molar-refractivity contribution in [2.45, 2.75) is 19.3 Å². The molecule has 2 aromatic heterocycles. The highest BCUT2D eigenvalue weighted by Crippen LogP contribution is 2.28. The number of hydrogen-bond acceptors (Lipinski definition) is 6. The third-order valence-corrected chi connectivity index (χ3v) is 4.48. The van der Waals surface area contributed by atoms with Crippen molar-refractivity contribution in [1.29, 1.82) is 0 Å². The van der Waals surface area contributed by atoms with Crippen LogP contribution in [0.2, 0.25) is 5.02 Å². The van der Waals surface area contributed by atoms with E-state index in [2.05, 4.69) is 25.0 Å². The SMILES string of the molecule is CC(NC(=O)c1cc(Cl)cc(OC(F)(F)F)c1)c1nccnc1-c1nccs1. The van der Waals surface area contributed by atoms with Crippen LogP contribution in [0.25, 0.3) is 10.7 Å². The van der Waals surface area contributed by atoms with Crippen LogP contribution in [0.5, 0.6) is 5.75 Å². The van der Waals surface area contributed by atoms with Crippen LogP contribution in [0.15, 0.2) is 42.2 Å². The molecule has 0 aliphatic heterocycles. The minimum Gasteiger partial charge on any atom is -0.406 e. The largest absolute Gasteiger partial charge is 0.573 e. The first-order valence-electron chi connectivity index (χ1n) is 7.81. The van der Waals surface area contributed by atoms with Crippen molar-refractivity contribution in [3.8, 4) is 16.5 Å². The third kappa shape index (κ3) is 4.96. The summed E-state index contributed by atoms with van der Waals surface area (Å²) in [5.41, 5.74) is 0.898. The summed E-state index contributed by atoms with van der Waals surface area (Å²) in [5.74, 6) is -1.22. The number of nitrogens with one attached hydrogen (secondary N) is 1. The average Bonchev–Trinajstić information content (AvgIpc) is 3.14. The minimum absolute atomic E-state index is 0.0671. The summed E-state index contributed by atoms with van der Waals surface area (Å²) < 4.78 is 41.1. The average molecular weight is 429 g/mol. The van der Waals surface area contributed by atoms with E-state index in [-0.39, 0.29) is 10.6 Å². The summed E-state index contributed by atoms with van der Waals surface area (Å²) in [6.45, 7) is 1.68. The highest BCUT2D eigenvalue weighted by molar-refractivity contribution is 7.13. The minimum atomic E-state index is -4.89. The van der Waals surface area contributed by atoms with Gasteiger partial charge in [-0.2, -0.15) is 0 Å². The van der Waals surface area contributed by atoms with E-state index in [1.54, 1.807) is 18.5 Å². The normalized spacial score (nSPS) is 12.5. The van der Waals surface area contributed by atoms with Crippen molar-refractivity contribution in [3.05, 3.63) is 58.4 Å². The van der Waals surface area contributed by atoms with E-state index >= 15 is 0 Å². The summed E-state index contributed by atoms with van der Waals surface area (Å²) in [6, 6.07) is 2.58. The summed E-state index contributed by atoms with van der Waals surface area (Å²) in [7, 11) is 0. The predicted octanol–water partition coefficient (Wildman–Crippen LogP) is 4.64. The lowest BCUT2D eigenvalue weighted by atomic mass is 10.1. The Morgan fingerprint density at radius 1 is 1.18 bits per heavy atom. The summed E-state index contributed by atoms with van der Waals surface area (Å²) >= 11 is 7.18. The van der Waals surface area contributed by atoms with Crippen LogP contribution in [-0.2, 0) is 0 Å². The Hall–Kier alpha value is -2.72. The van der Waals surface area contributed by atoms with Gasteiger partial charge in [-0.15, -0.1) is 24.5 Å². The van der Waals surface area contributed by atoms with Crippen LogP contribution in [0.3, 0.4) is 0 Å². The first-order chi connectivity index (χ1) is 13.2. The number of carbonyl (C=O) groups excluding carboxylic acids is 1. The molecule has 0 aliphatic carbocycles. The fourth-order valence-corrected chi connectivity index (χ4v) is 3.27. The van der Waals surface area contributed by atoms with Crippen LogP contribution < -0.4 is 10.1 Å². The predicted molar refractivity (Wildman–Crippen MR) is 97.2 cm³/mol. The molecule has 1 unspecified atom stereocenters. The van der Waals surface area contributed by atoms with Crippen LogP contribution >= 0.6 is 22.9 Å². The maximum atomic E-state index is 12.5. The molecule has 1 amide bonds. The Kier molecular flexibility index (Phi) is 5.80. The number of rotatable bonds is 5. The summed E-state index contributed by atoms with van der Waals surface area (Å²) in [6.07, 6.45) is -0.292. The Labute approximate surface area is 166 Å². The first-order valence-corrected chi connectivity index (χ1v) is 9.06. The molecule has 28 heavy (non-hydrogen) atoms. The molecule has 1 atom stereocenters. The molecule has 1 N–H and O–H groups in total. The van der Waals surface area contributed by atoms with Gasteiger partial charge in [-0.25, -0.2) is 4.98 Å². The monoisotopic (exact) mass is 428 g/mol. The van der Waals surface area contributed by atoms with Gasteiger partial charge in [0.2, 0.25) is 0 Å². The van der Waals surface area contributed by atoms with Gasteiger partial charge in [0.1, 0.15) is 16.5 Å². The number of amides is 1. The van der Waals surface area contributed by atoms with Gasteiger partial charge in [-0.05, 0) is 25.1 Å².